The van der Waals surface area contributed by atoms with Crippen LogP contribution in [0.4, 0.5) is 64.1 Å². The molecule has 6 aromatic rings. The highest BCUT2D eigenvalue weighted by atomic mass is 19.4. The lowest BCUT2D eigenvalue weighted by Crippen LogP contribution is -2.17. The number of hydrogen-bond acceptors (Lipinski definition) is 13. The van der Waals surface area contributed by atoms with Crippen molar-refractivity contribution in [2.45, 2.75) is 49.2 Å². The SMILES string of the molecule is COc1cc(OC(F)(F)F)ccc1Oc1cc(C2CC2(F)F)ncc1C(=O)Nc1ccc(F)c(C(N)=O)c1.COc1cc(OC(F)(F)F)ccc1Oc1cc(C2CC2(F)F)ncc1C(=O)O.NC(=O)c1cc(N)ccc1F. The Morgan fingerprint density at radius 2 is 1.00 bits per heavy atom. The first-order valence-corrected chi connectivity index (χ1v) is 21.4. The Labute approximate surface area is 424 Å². The van der Waals surface area contributed by atoms with E-state index in [-0.39, 0.29) is 62.7 Å². The highest BCUT2D eigenvalue weighted by Gasteiger charge is 2.59. The van der Waals surface area contributed by atoms with E-state index in [1.807, 2.05) is 0 Å². The zero-order valence-corrected chi connectivity index (χ0v) is 39.0. The number of carboxylic acid groups (broad SMARTS) is 1. The van der Waals surface area contributed by atoms with E-state index >= 15 is 0 Å². The molecule has 8 N–H and O–H groups in total. The number of aromatic carboxylic acids is 1. The van der Waals surface area contributed by atoms with Crippen LogP contribution in [0, 0.1) is 11.6 Å². The van der Waals surface area contributed by atoms with Crippen molar-refractivity contribution in [1.29, 1.82) is 0 Å². The first-order valence-electron chi connectivity index (χ1n) is 21.4. The van der Waals surface area contributed by atoms with Gasteiger partial charge in [-0.05, 0) is 60.7 Å². The number of nitrogens with two attached hydrogens (primary N) is 3. The van der Waals surface area contributed by atoms with Gasteiger partial charge in [-0.3, -0.25) is 24.4 Å². The normalized spacial score (nSPS) is 15.7. The van der Waals surface area contributed by atoms with Crippen molar-refractivity contribution in [3.8, 4) is 46.0 Å². The number of ether oxygens (including phenoxy) is 6. The summed E-state index contributed by atoms with van der Waals surface area (Å²) in [6.45, 7) is 0. The van der Waals surface area contributed by atoms with Crippen molar-refractivity contribution < 1.29 is 105 Å². The van der Waals surface area contributed by atoms with Gasteiger partial charge in [0, 0.05) is 60.9 Å². The maximum atomic E-state index is 13.8. The largest absolute Gasteiger partial charge is 0.573 e. The molecule has 8 rings (SSSR count). The number of nitrogens with one attached hydrogen (secondary N) is 1. The van der Waals surface area contributed by atoms with Crippen molar-refractivity contribution in [1.82, 2.24) is 9.97 Å². The van der Waals surface area contributed by atoms with Gasteiger partial charge in [-0.1, -0.05) is 0 Å². The van der Waals surface area contributed by atoms with Crippen LogP contribution < -0.4 is 50.9 Å². The molecule has 0 saturated heterocycles. The van der Waals surface area contributed by atoms with E-state index in [0.717, 1.165) is 99.4 Å². The Morgan fingerprint density at radius 1 is 0.584 bits per heavy atom. The molecule has 17 nitrogen and oxygen atoms in total. The van der Waals surface area contributed by atoms with Gasteiger partial charge in [0.05, 0.1) is 48.6 Å². The number of carbonyl (C=O) groups is 4. The first-order chi connectivity index (χ1) is 35.9. The minimum Gasteiger partial charge on any atom is -0.493 e. The highest BCUT2D eigenvalue weighted by Crippen LogP contribution is 2.57. The number of nitrogens with zero attached hydrogens (tertiary/aromatic N) is 2. The molecule has 0 spiro atoms. The quantitative estimate of drug-likeness (QED) is 0.0473. The molecule has 29 heteroatoms. The second kappa shape index (κ2) is 22.3. The number of alkyl halides is 10. The average Bonchev–Trinajstić information content (AvgIpc) is 4.20. The predicted molar refractivity (Wildman–Crippen MR) is 242 cm³/mol. The molecule has 0 radical (unpaired) electrons. The Morgan fingerprint density at radius 3 is 1.39 bits per heavy atom. The van der Waals surface area contributed by atoms with Gasteiger partial charge in [-0.25, -0.2) is 31.1 Å². The van der Waals surface area contributed by atoms with Crippen molar-refractivity contribution in [2.75, 3.05) is 25.3 Å². The number of carboxylic acids is 1. The molecule has 3 amide bonds. The summed E-state index contributed by atoms with van der Waals surface area (Å²) < 4.78 is 184. The summed E-state index contributed by atoms with van der Waals surface area (Å²) in [5.74, 6) is -16.6. The minimum absolute atomic E-state index is 0.0276. The van der Waals surface area contributed by atoms with Crippen LogP contribution in [0.3, 0.4) is 0 Å². The van der Waals surface area contributed by atoms with Crippen LogP contribution in [-0.4, -0.2) is 77.6 Å². The predicted octanol–water partition coefficient (Wildman–Crippen LogP) is 10.5. The fraction of sp³-hybridized carbons (Fsp3) is 0.208. The average molecular weight is 1100 g/mol. The maximum Gasteiger partial charge on any atom is 0.573 e. The number of amides is 3. The summed E-state index contributed by atoms with van der Waals surface area (Å²) in [6.07, 6.45) is -8.92. The third-order valence-electron chi connectivity index (χ3n) is 10.5. The summed E-state index contributed by atoms with van der Waals surface area (Å²) in [5.41, 5.74) is 14.0. The number of pyridine rings is 2. The van der Waals surface area contributed by atoms with E-state index in [1.54, 1.807) is 0 Å². The lowest BCUT2D eigenvalue weighted by atomic mass is 10.1. The molecule has 2 aromatic heterocycles. The molecule has 4 aromatic carbocycles. The number of rotatable bonds is 15. The van der Waals surface area contributed by atoms with E-state index < -0.39 is 107 Å². The van der Waals surface area contributed by atoms with E-state index in [2.05, 4.69) is 24.8 Å². The maximum absolute atomic E-state index is 13.8. The number of carbonyl (C=O) groups excluding carboxylic acids is 3. The Balaban J connectivity index is 0.000000214. The molecular formula is C48H36F12N6O11. The zero-order chi connectivity index (χ0) is 56.9. The van der Waals surface area contributed by atoms with Crippen LogP contribution in [0.25, 0.3) is 0 Å². The standard InChI is InChI=1S/C24H17F6N3O5.C17H12F5NO5.C7H7FN2O/c1-36-20-7-12(38-24(28,29)30)3-5-18(20)37-19-8-17(15-9-23(15,26)27)32-10-14(19)22(35)33-11-2-4-16(25)13(6-11)21(31)34;1-26-14-4-8(28-17(20,21)22)2-3-12(14)27-13-5-11(10-6-16(10,18)19)23-7-9(13)15(24)25;8-6-2-1-4(9)3-5(6)7(10)11/h2-8,10,15H,9H2,1H3,(H2,31,34)(H,33,35);2-5,7,10H,6H2,1H3,(H,24,25);1-3H,9H2,(H2,10,11). The van der Waals surface area contributed by atoms with Gasteiger partial charge in [0.2, 0.25) is 0 Å². The molecule has 0 aliphatic heterocycles. The summed E-state index contributed by atoms with van der Waals surface area (Å²) in [7, 11) is 2.29. The highest BCUT2D eigenvalue weighted by molar-refractivity contribution is 6.06. The number of benzene rings is 4. The lowest BCUT2D eigenvalue weighted by Gasteiger charge is -2.16. The topological polar surface area (TPSA) is 260 Å². The molecule has 2 aliphatic carbocycles. The Hall–Kier alpha value is -9.18. The molecule has 2 aliphatic rings. The van der Waals surface area contributed by atoms with E-state index in [9.17, 15) is 77.0 Å². The fourth-order valence-electron chi connectivity index (χ4n) is 6.67. The van der Waals surface area contributed by atoms with E-state index in [4.69, 9.17) is 36.1 Å². The monoisotopic (exact) mass is 1100 g/mol. The van der Waals surface area contributed by atoms with Crippen LogP contribution in [0.1, 0.15) is 77.5 Å². The molecule has 2 saturated carbocycles. The third kappa shape index (κ3) is 15.0. The first kappa shape index (κ1) is 57.1. The second-order valence-electron chi connectivity index (χ2n) is 16.1. The van der Waals surface area contributed by atoms with Gasteiger partial charge in [-0.2, -0.15) is 0 Å². The van der Waals surface area contributed by atoms with Crippen molar-refractivity contribution >= 4 is 35.1 Å². The summed E-state index contributed by atoms with van der Waals surface area (Å²) >= 11 is 0. The molecule has 408 valence electrons. The van der Waals surface area contributed by atoms with Gasteiger partial charge in [0.1, 0.15) is 45.8 Å². The van der Waals surface area contributed by atoms with Crippen LogP contribution >= 0.6 is 0 Å². The van der Waals surface area contributed by atoms with Crippen molar-refractivity contribution in [3.05, 3.63) is 143 Å². The number of hydrogen-bond donors (Lipinski definition) is 5. The van der Waals surface area contributed by atoms with Gasteiger partial charge >= 0.3 is 18.7 Å². The number of anilines is 2. The minimum atomic E-state index is -4.97. The van der Waals surface area contributed by atoms with Crippen LogP contribution in [0.15, 0.2) is 97.3 Å². The molecule has 2 unspecified atom stereocenters. The summed E-state index contributed by atoms with van der Waals surface area (Å²) in [6, 6.07) is 14.6. The Bertz CT molecular complexity index is 3240. The van der Waals surface area contributed by atoms with Crippen molar-refractivity contribution in [3.63, 3.8) is 0 Å². The number of nitrogen functional groups attached to an aromatic ring is 1. The molecule has 77 heavy (non-hydrogen) atoms. The number of methoxy groups -OCH3 is 2. The number of halogens is 12. The van der Waals surface area contributed by atoms with Gasteiger partial charge in [-0.15, -0.1) is 26.3 Å². The number of primary amides is 2. The summed E-state index contributed by atoms with van der Waals surface area (Å²) in [5, 5.41) is 11.6. The second-order valence-corrected chi connectivity index (χ2v) is 16.1. The third-order valence-corrected chi connectivity index (χ3v) is 10.5. The molecule has 0 bridgehead atoms. The van der Waals surface area contributed by atoms with E-state index in [0.29, 0.717) is 5.69 Å². The van der Waals surface area contributed by atoms with Gasteiger partial charge in [0.15, 0.2) is 23.0 Å². The van der Waals surface area contributed by atoms with Gasteiger partial charge < -0.3 is 56.0 Å². The van der Waals surface area contributed by atoms with Crippen LogP contribution in [0.5, 0.6) is 46.0 Å². The molecule has 2 atom stereocenters. The number of aromatic nitrogens is 2. The molecule has 2 heterocycles. The van der Waals surface area contributed by atoms with Crippen molar-refractivity contribution in [2.24, 2.45) is 11.5 Å². The fourth-order valence-corrected chi connectivity index (χ4v) is 6.67. The zero-order valence-electron chi connectivity index (χ0n) is 39.0. The van der Waals surface area contributed by atoms with Crippen LogP contribution in [-0.2, 0) is 0 Å². The van der Waals surface area contributed by atoms with E-state index in [1.165, 1.54) is 12.1 Å². The lowest BCUT2D eigenvalue weighted by molar-refractivity contribution is -0.275. The van der Waals surface area contributed by atoms with Gasteiger partial charge in [0.25, 0.3) is 29.6 Å². The Kier molecular flexibility index (Phi) is 16.6. The summed E-state index contributed by atoms with van der Waals surface area (Å²) in [4.78, 5) is 53.9. The molecule has 2 fully saturated rings. The molecular weight excluding hydrogens is 1060 g/mol. The smallest absolute Gasteiger partial charge is 0.493 e. The van der Waals surface area contributed by atoms with Crippen LogP contribution in [0.2, 0.25) is 0 Å².